The maximum absolute atomic E-state index is 12.8. The molecular formula is C57H102O5. The molecule has 0 fully saturated rings. The summed E-state index contributed by atoms with van der Waals surface area (Å²) in [5.41, 5.74) is 0. The Hall–Kier alpha value is -2.40. The van der Waals surface area contributed by atoms with Gasteiger partial charge >= 0.3 is 11.9 Å². The molecule has 0 radical (unpaired) electrons. The van der Waals surface area contributed by atoms with Crippen LogP contribution in [0.2, 0.25) is 0 Å². The molecule has 0 aliphatic heterocycles. The topological polar surface area (TPSA) is 61.8 Å². The summed E-state index contributed by atoms with van der Waals surface area (Å²) in [4.78, 5) is 25.4. The SMILES string of the molecule is CC/C=C\C/C=C\C/C=C\CCCCCCOCC(COC(=O)CCCCCCCCC/C=C\C/C=C\CCCCC)OC(=O)CCCCCCCCCCCCCCCCC. The van der Waals surface area contributed by atoms with Crippen molar-refractivity contribution in [2.24, 2.45) is 0 Å². The fourth-order valence-corrected chi connectivity index (χ4v) is 7.56. The number of carbonyl (C=O) groups excluding carboxylic acids is 2. The van der Waals surface area contributed by atoms with Gasteiger partial charge in [0, 0.05) is 19.4 Å². The van der Waals surface area contributed by atoms with Crippen LogP contribution in [0.25, 0.3) is 0 Å². The van der Waals surface area contributed by atoms with Gasteiger partial charge in [-0.2, -0.15) is 0 Å². The minimum atomic E-state index is -0.550. The van der Waals surface area contributed by atoms with Crippen LogP contribution in [0.5, 0.6) is 0 Å². The quantitative estimate of drug-likeness (QED) is 0.0346. The Bertz CT molecular complexity index is 1070. The molecule has 0 amide bonds. The van der Waals surface area contributed by atoms with E-state index in [0.717, 1.165) is 77.0 Å². The van der Waals surface area contributed by atoms with E-state index in [0.29, 0.717) is 19.4 Å². The highest BCUT2D eigenvalue weighted by Crippen LogP contribution is 2.15. The lowest BCUT2D eigenvalue weighted by molar-refractivity contribution is -0.163. The molecule has 0 spiro atoms. The average Bonchev–Trinajstić information content (AvgIpc) is 3.27. The molecule has 0 aliphatic carbocycles. The fraction of sp³-hybridized carbons (Fsp3) is 0.789. The van der Waals surface area contributed by atoms with Gasteiger partial charge in [0.2, 0.25) is 0 Å². The summed E-state index contributed by atoms with van der Waals surface area (Å²) in [5.74, 6) is -0.409. The summed E-state index contributed by atoms with van der Waals surface area (Å²) < 4.78 is 17.4. The zero-order valence-electron chi connectivity index (χ0n) is 41.4. The summed E-state index contributed by atoms with van der Waals surface area (Å²) in [5, 5.41) is 0. The van der Waals surface area contributed by atoms with Crippen molar-refractivity contribution in [3.63, 3.8) is 0 Å². The Kier molecular flexibility index (Phi) is 50.9. The van der Waals surface area contributed by atoms with Crippen LogP contribution in [0.4, 0.5) is 0 Å². The summed E-state index contributed by atoms with van der Waals surface area (Å²) >= 11 is 0. The monoisotopic (exact) mass is 867 g/mol. The summed E-state index contributed by atoms with van der Waals surface area (Å²) in [7, 11) is 0. The highest BCUT2D eigenvalue weighted by molar-refractivity contribution is 5.70. The van der Waals surface area contributed by atoms with E-state index in [-0.39, 0.29) is 25.2 Å². The second-order valence-corrected chi connectivity index (χ2v) is 17.8. The first-order chi connectivity index (χ1) is 30.6. The van der Waals surface area contributed by atoms with Crippen LogP contribution in [0.15, 0.2) is 60.8 Å². The van der Waals surface area contributed by atoms with Crippen LogP contribution in [0, 0.1) is 0 Å². The van der Waals surface area contributed by atoms with Gasteiger partial charge in [-0.15, -0.1) is 0 Å². The van der Waals surface area contributed by atoms with E-state index in [1.807, 2.05) is 0 Å². The van der Waals surface area contributed by atoms with Crippen LogP contribution in [0.3, 0.4) is 0 Å². The zero-order valence-corrected chi connectivity index (χ0v) is 41.4. The normalized spacial score (nSPS) is 12.6. The van der Waals surface area contributed by atoms with E-state index < -0.39 is 6.10 Å². The van der Waals surface area contributed by atoms with Crippen LogP contribution < -0.4 is 0 Å². The predicted octanol–water partition coefficient (Wildman–Crippen LogP) is 18.1. The molecule has 0 heterocycles. The summed E-state index contributed by atoms with van der Waals surface area (Å²) in [6.45, 7) is 7.67. The lowest BCUT2D eigenvalue weighted by Gasteiger charge is -2.18. The van der Waals surface area contributed by atoms with Crippen LogP contribution >= 0.6 is 0 Å². The molecule has 5 heteroatoms. The van der Waals surface area contributed by atoms with Crippen molar-refractivity contribution in [1.29, 1.82) is 0 Å². The highest BCUT2D eigenvalue weighted by Gasteiger charge is 2.17. The molecule has 0 bridgehead atoms. The molecule has 1 unspecified atom stereocenters. The van der Waals surface area contributed by atoms with Gasteiger partial charge < -0.3 is 14.2 Å². The molecule has 0 saturated heterocycles. The van der Waals surface area contributed by atoms with Crippen molar-refractivity contribution in [2.75, 3.05) is 19.8 Å². The third kappa shape index (κ3) is 50.2. The van der Waals surface area contributed by atoms with Gasteiger partial charge in [0.15, 0.2) is 6.10 Å². The highest BCUT2D eigenvalue weighted by atomic mass is 16.6. The second-order valence-electron chi connectivity index (χ2n) is 17.8. The summed E-state index contributed by atoms with van der Waals surface area (Å²) in [6, 6.07) is 0. The molecule has 0 saturated carbocycles. The van der Waals surface area contributed by atoms with Crippen molar-refractivity contribution in [2.45, 2.75) is 271 Å². The van der Waals surface area contributed by atoms with E-state index >= 15 is 0 Å². The number of allylic oxidation sites excluding steroid dienone is 10. The maximum atomic E-state index is 12.8. The van der Waals surface area contributed by atoms with Crippen LogP contribution in [-0.4, -0.2) is 37.9 Å². The number of hydrogen-bond acceptors (Lipinski definition) is 5. The van der Waals surface area contributed by atoms with Gasteiger partial charge in [-0.05, 0) is 83.5 Å². The van der Waals surface area contributed by atoms with Gasteiger partial charge in [-0.3, -0.25) is 9.59 Å². The van der Waals surface area contributed by atoms with Crippen LogP contribution in [0.1, 0.15) is 265 Å². The van der Waals surface area contributed by atoms with E-state index in [1.54, 1.807) is 0 Å². The van der Waals surface area contributed by atoms with Gasteiger partial charge in [0.1, 0.15) is 6.61 Å². The minimum absolute atomic E-state index is 0.0735. The zero-order chi connectivity index (χ0) is 44.9. The third-order valence-corrected chi connectivity index (χ3v) is 11.5. The Morgan fingerprint density at radius 2 is 0.726 bits per heavy atom. The Labute approximate surface area is 385 Å². The molecule has 62 heavy (non-hydrogen) atoms. The van der Waals surface area contributed by atoms with Crippen molar-refractivity contribution in [3.8, 4) is 0 Å². The lowest BCUT2D eigenvalue weighted by Crippen LogP contribution is -2.30. The lowest BCUT2D eigenvalue weighted by atomic mass is 10.0. The second kappa shape index (κ2) is 52.9. The standard InChI is InChI=1S/C57H102O5/c1-4-7-10-13-16-19-22-25-28-29-31-32-35-38-41-44-47-50-56(58)61-54-55(53-60-52-49-46-43-40-37-34-27-24-21-18-15-12-9-6-3)62-57(59)51-48-45-42-39-36-33-30-26-23-20-17-14-11-8-5-2/h9,12,16,18-19,21,25,27-28,34,55H,4-8,10-11,13-15,17,20,22-24,26,29-33,35-54H2,1-3H3/b12-9-,19-16-,21-18-,28-25-,34-27-. The largest absolute Gasteiger partial charge is 0.462 e. The molecule has 0 rings (SSSR count). The van der Waals surface area contributed by atoms with E-state index in [1.165, 1.54) is 154 Å². The number of esters is 2. The third-order valence-electron chi connectivity index (χ3n) is 11.5. The molecule has 0 aromatic carbocycles. The maximum Gasteiger partial charge on any atom is 0.306 e. The molecular weight excluding hydrogens is 765 g/mol. The molecule has 0 aromatic rings. The van der Waals surface area contributed by atoms with Crippen molar-refractivity contribution in [3.05, 3.63) is 60.8 Å². The van der Waals surface area contributed by atoms with E-state index in [2.05, 4.69) is 81.5 Å². The average molecular weight is 867 g/mol. The predicted molar refractivity (Wildman–Crippen MR) is 270 cm³/mol. The van der Waals surface area contributed by atoms with E-state index in [4.69, 9.17) is 14.2 Å². The number of rotatable bonds is 49. The first-order valence-electron chi connectivity index (χ1n) is 26.8. The van der Waals surface area contributed by atoms with E-state index in [9.17, 15) is 9.59 Å². The fourth-order valence-electron chi connectivity index (χ4n) is 7.56. The van der Waals surface area contributed by atoms with Gasteiger partial charge in [-0.25, -0.2) is 0 Å². The molecule has 5 nitrogen and oxygen atoms in total. The molecule has 0 aromatic heterocycles. The molecule has 0 aliphatic rings. The summed E-state index contributed by atoms with van der Waals surface area (Å²) in [6.07, 6.45) is 66.6. The first kappa shape index (κ1) is 59.6. The Morgan fingerprint density at radius 1 is 0.371 bits per heavy atom. The number of carbonyl (C=O) groups is 2. The Balaban J connectivity index is 4.29. The van der Waals surface area contributed by atoms with Gasteiger partial charge in [-0.1, -0.05) is 229 Å². The van der Waals surface area contributed by atoms with Crippen LogP contribution in [-0.2, 0) is 23.8 Å². The van der Waals surface area contributed by atoms with Gasteiger partial charge in [0.25, 0.3) is 0 Å². The van der Waals surface area contributed by atoms with Crippen molar-refractivity contribution in [1.82, 2.24) is 0 Å². The first-order valence-corrected chi connectivity index (χ1v) is 26.8. The number of unbranched alkanes of at least 4 members (excludes halogenated alkanes) is 28. The molecule has 360 valence electrons. The van der Waals surface area contributed by atoms with Crippen molar-refractivity contribution < 1.29 is 23.8 Å². The number of hydrogen-bond donors (Lipinski definition) is 0. The molecule has 1 atom stereocenters. The smallest absolute Gasteiger partial charge is 0.306 e. The Morgan fingerprint density at radius 3 is 1.19 bits per heavy atom. The minimum Gasteiger partial charge on any atom is -0.462 e. The van der Waals surface area contributed by atoms with Crippen molar-refractivity contribution >= 4 is 11.9 Å². The van der Waals surface area contributed by atoms with Gasteiger partial charge in [0.05, 0.1) is 6.61 Å². The number of ether oxygens (including phenoxy) is 3. The molecule has 0 N–H and O–H groups in total.